The molecule has 2 heterocycles. The molecule has 0 radical (unpaired) electrons. The van der Waals surface area contributed by atoms with Crippen LogP contribution < -0.4 is 5.32 Å². The Balaban J connectivity index is 1.81. The van der Waals surface area contributed by atoms with Gasteiger partial charge in [-0.15, -0.1) is 0 Å². The van der Waals surface area contributed by atoms with Crippen molar-refractivity contribution in [2.24, 2.45) is 5.41 Å². The fourth-order valence-electron chi connectivity index (χ4n) is 3.25. The Morgan fingerprint density at radius 3 is 2.30 bits per heavy atom. The summed E-state index contributed by atoms with van der Waals surface area (Å²) in [5.41, 5.74) is 0.669. The van der Waals surface area contributed by atoms with Crippen LogP contribution in [0.4, 0.5) is 0 Å². The third-order valence-electron chi connectivity index (χ3n) is 4.50. The third kappa shape index (κ3) is 2.03. The zero-order valence-electron chi connectivity index (χ0n) is 11.4. The first-order chi connectivity index (χ1) is 9.43. The van der Waals surface area contributed by atoms with Crippen molar-refractivity contribution in [1.82, 2.24) is 9.62 Å². The summed E-state index contributed by atoms with van der Waals surface area (Å²) in [4.78, 5) is 12.1. The van der Waals surface area contributed by atoms with Crippen molar-refractivity contribution >= 4 is 15.9 Å². The number of benzene rings is 1. The Labute approximate surface area is 119 Å². The van der Waals surface area contributed by atoms with Crippen LogP contribution in [0.5, 0.6) is 0 Å². The molecule has 0 aliphatic carbocycles. The average molecular weight is 294 g/mol. The van der Waals surface area contributed by atoms with Gasteiger partial charge in [0.2, 0.25) is 15.9 Å². The number of hydrogen-bond donors (Lipinski definition) is 1. The van der Waals surface area contributed by atoms with Crippen molar-refractivity contribution in [1.29, 1.82) is 0 Å². The predicted molar refractivity (Wildman–Crippen MR) is 75.4 cm³/mol. The van der Waals surface area contributed by atoms with E-state index in [-0.39, 0.29) is 11.9 Å². The summed E-state index contributed by atoms with van der Waals surface area (Å²) in [7, 11) is -3.16. The lowest BCUT2D eigenvalue weighted by Crippen LogP contribution is -2.64. The molecule has 2 saturated heterocycles. The molecule has 1 amide bonds. The lowest BCUT2D eigenvalue weighted by atomic mass is 9.64. The zero-order valence-corrected chi connectivity index (χ0v) is 12.2. The molecule has 20 heavy (non-hydrogen) atoms. The summed E-state index contributed by atoms with van der Waals surface area (Å²) < 4.78 is 24.6. The van der Waals surface area contributed by atoms with Crippen molar-refractivity contribution in [3.05, 3.63) is 35.9 Å². The highest BCUT2D eigenvalue weighted by atomic mass is 32.2. The third-order valence-corrected chi connectivity index (χ3v) is 5.80. The van der Waals surface area contributed by atoms with Gasteiger partial charge in [-0.2, -0.15) is 0 Å². The first-order valence-corrected chi connectivity index (χ1v) is 8.59. The normalized spacial score (nSPS) is 26.1. The molecule has 1 spiro atoms. The van der Waals surface area contributed by atoms with Crippen molar-refractivity contribution < 1.29 is 13.2 Å². The average Bonchev–Trinajstić information content (AvgIpc) is 2.45. The molecule has 1 aromatic rings. The van der Waals surface area contributed by atoms with Gasteiger partial charge in [0.15, 0.2) is 0 Å². The SMILES string of the molecule is CS(=O)(=O)N1CCC2(CC1)C(=O)N[C@@H]2c1ccccc1. The minimum atomic E-state index is -3.16. The van der Waals surface area contributed by atoms with Crippen molar-refractivity contribution in [2.45, 2.75) is 18.9 Å². The number of piperidine rings is 1. The molecule has 0 unspecified atom stereocenters. The molecule has 0 aromatic heterocycles. The van der Waals surface area contributed by atoms with Crippen LogP contribution in [0.15, 0.2) is 30.3 Å². The van der Waals surface area contributed by atoms with Gasteiger partial charge in [0.1, 0.15) is 0 Å². The molecule has 1 aromatic carbocycles. The standard InChI is InChI=1S/C14H18N2O3S/c1-20(18,19)16-9-7-14(8-10-16)12(15-13(14)17)11-5-3-2-4-6-11/h2-6,12H,7-10H2,1H3,(H,15,17)/t12-/m1/s1. The minimum Gasteiger partial charge on any atom is -0.348 e. The second kappa shape index (κ2) is 4.56. The summed E-state index contributed by atoms with van der Waals surface area (Å²) in [5, 5.41) is 2.97. The molecule has 2 aliphatic rings. The predicted octanol–water partition coefficient (Wildman–Crippen LogP) is 0.899. The van der Waals surface area contributed by atoms with E-state index in [9.17, 15) is 13.2 Å². The van der Waals surface area contributed by atoms with Gasteiger partial charge in [0.25, 0.3) is 0 Å². The molecule has 2 fully saturated rings. The van der Waals surface area contributed by atoms with E-state index in [1.807, 2.05) is 30.3 Å². The van der Waals surface area contributed by atoms with E-state index in [1.54, 1.807) is 0 Å². The van der Waals surface area contributed by atoms with Gasteiger partial charge >= 0.3 is 0 Å². The molecular weight excluding hydrogens is 276 g/mol. The largest absolute Gasteiger partial charge is 0.348 e. The quantitative estimate of drug-likeness (QED) is 0.824. The monoisotopic (exact) mass is 294 g/mol. The van der Waals surface area contributed by atoms with Crippen LogP contribution in [0.3, 0.4) is 0 Å². The van der Waals surface area contributed by atoms with Gasteiger partial charge < -0.3 is 5.32 Å². The van der Waals surface area contributed by atoms with Gasteiger partial charge in [-0.25, -0.2) is 12.7 Å². The summed E-state index contributed by atoms with van der Waals surface area (Å²) in [6, 6.07) is 9.89. The maximum absolute atomic E-state index is 12.1. The Bertz CT molecular complexity index is 619. The van der Waals surface area contributed by atoms with Crippen molar-refractivity contribution in [2.75, 3.05) is 19.3 Å². The Morgan fingerprint density at radius 2 is 1.80 bits per heavy atom. The number of nitrogens with zero attached hydrogens (tertiary/aromatic N) is 1. The lowest BCUT2D eigenvalue weighted by molar-refractivity contribution is -0.150. The zero-order chi connectivity index (χ0) is 14.4. The number of carbonyl (C=O) groups excluding carboxylic acids is 1. The van der Waals surface area contributed by atoms with Gasteiger partial charge in [-0.3, -0.25) is 4.79 Å². The van der Waals surface area contributed by atoms with E-state index in [2.05, 4.69) is 5.32 Å². The Morgan fingerprint density at radius 1 is 1.20 bits per heavy atom. The molecule has 3 rings (SSSR count). The molecule has 0 saturated carbocycles. The number of β-lactam (4-membered cyclic amide) rings is 1. The van der Waals surface area contributed by atoms with Crippen LogP contribution in [0, 0.1) is 5.41 Å². The summed E-state index contributed by atoms with van der Waals surface area (Å²) in [5.74, 6) is 0.0551. The highest BCUT2D eigenvalue weighted by Gasteiger charge is 2.56. The van der Waals surface area contributed by atoms with E-state index in [1.165, 1.54) is 10.6 Å². The van der Waals surface area contributed by atoms with Gasteiger partial charge in [0.05, 0.1) is 17.7 Å². The van der Waals surface area contributed by atoms with E-state index >= 15 is 0 Å². The second-order valence-electron chi connectivity index (χ2n) is 5.64. The van der Waals surface area contributed by atoms with E-state index in [0.717, 1.165) is 5.56 Å². The van der Waals surface area contributed by atoms with E-state index in [4.69, 9.17) is 0 Å². The first kappa shape index (κ1) is 13.6. The van der Waals surface area contributed by atoms with Crippen molar-refractivity contribution in [3.8, 4) is 0 Å². The highest BCUT2D eigenvalue weighted by molar-refractivity contribution is 7.88. The number of amides is 1. The number of rotatable bonds is 2. The van der Waals surface area contributed by atoms with Crippen LogP contribution in [-0.4, -0.2) is 38.0 Å². The number of hydrogen-bond acceptors (Lipinski definition) is 3. The fraction of sp³-hybridized carbons (Fsp3) is 0.500. The van der Waals surface area contributed by atoms with Crippen molar-refractivity contribution in [3.63, 3.8) is 0 Å². The van der Waals surface area contributed by atoms with Crippen LogP contribution in [0.25, 0.3) is 0 Å². The lowest BCUT2D eigenvalue weighted by Gasteiger charge is -2.52. The molecule has 2 aliphatic heterocycles. The van der Waals surface area contributed by atoms with Crippen LogP contribution >= 0.6 is 0 Å². The highest BCUT2D eigenvalue weighted by Crippen LogP contribution is 2.49. The molecule has 1 atom stereocenters. The second-order valence-corrected chi connectivity index (χ2v) is 7.62. The fourth-order valence-corrected chi connectivity index (χ4v) is 4.09. The molecular formula is C14H18N2O3S. The molecule has 6 heteroatoms. The Kier molecular flexibility index (Phi) is 3.10. The summed E-state index contributed by atoms with van der Waals surface area (Å²) in [6.45, 7) is 0.852. The Hall–Kier alpha value is -1.40. The van der Waals surface area contributed by atoms with Crippen LogP contribution in [0.1, 0.15) is 24.4 Å². The molecule has 1 N–H and O–H groups in total. The summed E-state index contributed by atoms with van der Waals surface area (Å²) in [6.07, 6.45) is 2.40. The number of sulfonamides is 1. The molecule has 0 bridgehead atoms. The topological polar surface area (TPSA) is 66.5 Å². The summed E-state index contributed by atoms with van der Waals surface area (Å²) >= 11 is 0. The van der Waals surface area contributed by atoms with Gasteiger partial charge in [-0.1, -0.05) is 30.3 Å². The number of carbonyl (C=O) groups is 1. The molecule has 108 valence electrons. The van der Waals surface area contributed by atoms with Crippen LogP contribution in [-0.2, 0) is 14.8 Å². The van der Waals surface area contributed by atoms with Gasteiger partial charge in [-0.05, 0) is 18.4 Å². The van der Waals surface area contributed by atoms with E-state index < -0.39 is 15.4 Å². The van der Waals surface area contributed by atoms with E-state index in [0.29, 0.717) is 25.9 Å². The first-order valence-electron chi connectivity index (χ1n) is 6.74. The maximum atomic E-state index is 12.1. The molecule has 5 nitrogen and oxygen atoms in total. The smallest absolute Gasteiger partial charge is 0.229 e. The van der Waals surface area contributed by atoms with Gasteiger partial charge in [0, 0.05) is 13.1 Å². The number of nitrogens with one attached hydrogen (secondary N) is 1. The van der Waals surface area contributed by atoms with Crippen LogP contribution in [0.2, 0.25) is 0 Å². The maximum Gasteiger partial charge on any atom is 0.229 e. The minimum absolute atomic E-state index is 0.0120.